The largest absolute Gasteiger partial charge is 1.00 e. The van der Waals surface area contributed by atoms with Crippen LogP contribution in [0.5, 0.6) is 0 Å². The maximum atomic E-state index is 12.4. The van der Waals surface area contributed by atoms with Crippen molar-refractivity contribution in [3.63, 3.8) is 0 Å². The Hall–Kier alpha value is -0.440. The van der Waals surface area contributed by atoms with Crippen LogP contribution in [0.15, 0.2) is 12.2 Å². The summed E-state index contributed by atoms with van der Waals surface area (Å²) in [6.07, 6.45) is 3.78. The Morgan fingerprint density at radius 2 is 1.87 bits per heavy atom. The van der Waals surface area contributed by atoms with Crippen LogP contribution in [0.4, 0.5) is 0 Å². The van der Waals surface area contributed by atoms with Crippen LogP contribution in [0.25, 0.3) is 0 Å². The molecule has 31 heavy (non-hydrogen) atoms. The molecule has 0 amide bonds. The topological polar surface area (TPSA) is 127 Å². The zero-order valence-corrected chi connectivity index (χ0v) is 21.3. The van der Waals surface area contributed by atoms with Crippen molar-refractivity contribution in [2.24, 2.45) is 29.6 Å². The molecule has 2 rings (SSSR count). The van der Waals surface area contributed by atoms with E-state index >= 15 is 0 Å². The van der Waals surface area contributed by atoms with Gasteiger partial charge in [-0.15, -0.1) is 0 Å². The van der Waals surface area contributed by atoms with Crippen LogP contribution >= 0.6 is 0 Å². The molecule has 1 fully saturated rings. The maximum Gasteiger partial charge on any atom is 1.00 e. The van der Waals surface area contributed by atoms with E-state index in [1.165, 1.54) is 0 Å². The number of carbonyl (C=O) groups excluding carboxylic acids is 2. The number of rotatable bonds is 10. The molecular formula is C23H37NaO7. The first-order valence-electron chi connectivity index (χ1n) is 11.2. The number of ether oxygens (including phenoxy) is 1. The van der Waals surface area contributed by atoms with Gasteiger partial charge in [-0.05, 0) is 49.9 Å². The number of hydrogen-bond donors (Lipinski definition) is 3. The molecule has 3 N–H and O–H groups in total. The number of esters is 1. The Balaban J connectivity index is 0.00000480. The zero-order chi connectivity index (χ0) is 22.4. The molecule has 1 saturated carbocycles. The summed E-state index contributed by atoms with van der Waals surface area (Å²) in [6, 6.07) is 0. The fraction of sp³-hybridized carbons (Fsp3) is 0.826. The van der Waals surface area contributed by atoms with Crippen LogP contribution in [-0.4, -0.2) is 51.7 Å². The van der Waals surface area contributed by atoms with Crippen molar-refractivity contribution < 1.29 is 64.3 Å². The summed E-state index contributed by atoms with van der Waals surface area (Å²) >= 11 is 0. The van der Waals surface area contributed by atoms with Gasteiger partial charge in [0.15, 0.2) is 0 Å². The van der Waals surface area contributed by atoms with Gasteiger partial charge in [0.1, 0.15) is 6.10 Å². The van der Waals surface area contributed by atoms with Crippen LogP contribution in [0.1, 0.15) is 65.7 Å². The van der Waals surface area contributed by atoms with E-state index in [4.69, 9.17) is 4.74 Å². The average molecular weight is 449 g/mol. The fourth-order valence-electron chi connectivity index (χ4n) is 4.99. The molecule has 0 aliphatic heterocycles. The molecule has 8 heteroatoms. The van der Waals surface area contributed by atoms with E-state index in [0.29, 0.717) is 32.1 Å². The molecule has 2 aliphatic rings. The molecule has 7 nitrogen and oxygen atoms in total. The third-order valence-corrected chi connectivity index (χ3v) is 6.87. The molecule has 0 saturated heterocycles. The van der Waals surface area contributed by atoms with Crippen molar-refractivity contribution in [3.8, 4) is 0 Å². The van der Waals surface area contributed by atoms with Crippen LogP contribution < -0.4 is 34.7 Å². The van der Waals surface area contributed by atoms with Crippen LogP contribution in [-0.2, 0) is 14.3 Å². The molecule has 0 aromatic heterocycles. The molecule has 0 aromatic carbocycles. The van der Waals surface area contributed by atoms with Crippen molar-refractivity contribution in [3.05, 3.63) is 12.2 Å². The number of aliphatic hydroxyl groups is 3. The minimum absolute atomic E-state index is 0. The van der Waals surface area contributed by atoms with Gasteiger partial charge in [0.25, 0.3) is 0 Å². The van der Waals surface area contributed by atoms with Crippen molar-refractivity contribution in [1.29, 1.82) is 0 Å². The monoisotopic (exact) mass is 448 g/mol. The van der Waals surface area contributed by atoms with E-state index in [9.17, 15) is 30.0 Å². The normalized spacial score (nSPS) is 32.8. The molecule has 0 aromatic rings. The number of carboxylic acid groups (broad SMARTS) is 1. The Morgan fingerprint density at radius 1 is 1.19 bits per heavy atom. The minimum atomic E-state index is -1.34. The van der Waals surface area contributed by atoms with Crippen molar-refractivity contribution >= 4 is 11.9 Å². The van der Waals surface area contributed by atoms with Gasteiger partial charge in [0.2, 0.25) is 0 Å². The number of fused-ring (bicyclic) bond motifs is 1. The maximum absolute atomic E-state index is 12.4. The number of carboxylic acids is 1. The standard InChI is InChI=1S/C23H38O7.Na/c1-4-13(2)23(29)30-20-11-17(25)9-15-6-5-14(3)19(22(15)20)8-7-16(24)10-18(26)12-21(27)28;/h5-6,13-20,22,24-26H,4,7-12H2,1-3H3,(H,27,28);/q;+1/p-1/t13-,14-,15-,16-,17+,18-,19-,20-,22-;/m0./s1. The van der Waals surface area contributed by atoms with Gasteiger partial charge < -0.3 is 30.0 Å². The SMILES string of the molecule is CC[C@H](C)C(=O)O[C@H]1C[C@H](O)C[C@@H]2C=C[C@H](C)[C@H](CC[C@H](O)C[C@H](O)CC(=O)[O-])[C@@H]12.[Na+]. The molecule has 0 heterocycles. The molecule has 0 radical (unpaired) electrons. The Morgan fingerprint density at radius 3 is 2.48 bits per heavy atom. The third-order valence-electron chi connectivity index (χ3n) is 6.87. The number of aliphatic hydroxyl groups excluding tert-OH is 3. The summed E-state index contributed by atoms with van der Waals surface area (Å²) in [4.78, 5) is 23.0. The molecule has 172 valence electrons. The van der Waals surface area contributed by atoms with E-state index in [1.807, 2.05) is 13.8 Å². The molecule has 2 aliphatic carbocycles. The summed E-state index contributed by atoms with van der Waals surface area (Å²) < 4.78 is 5.87. The number of aliphatic carboxylic acids is 1. The number of carbonyl (C=O) groups is 2. The average Bonchev–Trinajstić information content (AvgIpc) is 2.65. The van der Waals surface area contributed by atoms with Gasteiger partial charge >= 0.3 is 35.5 Å². The smallest absolute Gasteiger partial charge is 0.550 e. The predicted octanol–water partition coefficient (Wildman–Crippen LogP) is -1.81. The van der Waals surface area contributed by atoms with Gasteiger partial charge in [0.05, 0.1) is 24.2 Å². The van der Waals surface area contributed by atoms with Crippen LogP contribution in [0, 0.1) is 29.6 Å². The van der Waals surface area contributed by atoms with E-state index in [0.717, 1.165) is 0 Å². The predicted molar refractivity (Wildman–Crippen MR) is 109 cm³/mol. The Labute approximate surface area is 207 Å². The van der Waals surface area contributed by atoms with E-state index in [2.05, 4.69) is 19.1 Å². The van der Waals surface area contributed by atoms with Gasteiger partial charge in [0, 0.05) is 24.7 Å². The summed E-state index contributed by atoms with van der Waals surface area (Å²) in [6.45, 7) is 5.89. The second kappa shape index (κ2) is 13.3. The third kappa shape index (κ3) is 8.45. The van der Waals surface area contributed by atoms with Gasteiger partial charge in [-0.3, -0.25) is 4.79 Å². The Bertz CT molecular complexity index is 611. The second-order valence-corrected chi connectivity index (χ2v) is 9.26. The summed E-state index contributed by atoms with van der Waals surface area (Å²) in [5.41, 5.74) is 0. The van der Waals surface area contributed by atoms with Crippen molar-refractivity contribution in [2.75, 3.05) is 0 Å². The van der Waals surface area contributed by atoms with Crippen LogP contribution in [0.3, 0.4) is 0 Å². The van der Waals surface area contributed by atoms with Gasteiger partial charge in [-0.1, -0.05) is 32.9 Å². The molecular weight excluding hydrogens is 411 g/mol. The van der Waals surface area contributed by atoms with Gasteiger partial charge in [-0.25, -0.2) is 0 Å². The summed E-state index contributed by atoms with van der Waals surface area (Å²) in [7, 11) is 0. The second-order valence-electron chi connectivity index (χ2n) is 9.26. The van der Waals surface area contributed by atoms with E-state index < -0.39 is 30.7 Å². The molecule has 9 atom stereocenters. The first-order valence-corrected chi connectivity index (χ1v) is 11.2. The first kappa shape index (κ1) is 28.6. The fourth-order valence-corrected chi connectivity index (χ4v) is 4.99. The molecule has 0 unspecified atom stereocenters. The van der Waals surface area contributed by atoms with Gasteiger partial charge in [-0.2, -0.15) is 0 Å². The minimum Gasteiger partial charge on any atom is -0.550 e. The van der Waals surface area contributed by atoms with Crippen molar-refractivity contribution in [1.82, 2.24) is 0 Å². The van der Waals surface area contributed by atoms with E-state index in [-0.39, 0.29) is 77.6 Å². The molecule has 0 bridgehead atoms. The zero-order valence-electron chi connectivity index (χ0n) is 19.3. The number of allylic oxidation sites excluding steroid dienone is 2. The first-order chi connectivity index (χ1) is 14.1. The molecule has 0 spiro atoms. The van der Waals surface area contributed by atoms with Crippen molar-refractivity contribution in [2.45, 2.75) is 90.1 Å². The van der Waals surface area contributed by atoms with E-state index in [1.54, 1.807) is 0 Å². The summed E-state index contributed by atoms with van der Waals surface area (Å²) in [5, 5.41) is 40.9. The van der Waals surface area contributed by atoms with Crippen LogP contribution in [0.2, 0.25) is 0 Å². The Kier molecular flexibility index (Phi) is 12.3. The quantitative estimate of drug-likeness (QED) is 0.204. The summed E-state index contributed by atoms with van der Waals surface area (Å²) in [5.74, 6) is -1.18. The number of hydrogen-bond acceptors (Lipinski definition) is 7.